The zero-order valence-corrected chi connectivity index (χ0v) is 22.2. The minimum Gasteiger partial charge on any atom is -0.480 e. The van der Waals surface area contributed by atoms with Crippen LogP contribution in [0, 0.1) is 5.92 Å². The van der Waals surface area contributed by atoms with Crippen LogP contribution in [0.3, 0.4) is 0 Å². The van der Waals surface area contributed by atoms with E-state index in [1.165, 1.54) is 0 Å². The highest BCUT2D eigenvalue weighted by atomic mass is 32.1. The number of carboxylic acids is 1. The molecule has 14 N–H and O–H groups in total. The van der Waals surface area contributed by atoms with E-state index in [2.05, 4.69) is 38.6 Å². The van der Waals surface area contributed by atoms with Crippen LogP contribution in [0.25, 0.3) is 0 Å². The fourth-order valence-electron chi connectivity index (χ4n) is 3.05. The Kier molecular flexibility index (Phi) is 16.5. The van der Waals surface area contributed by atoms with Crippen molar-refractivity contribution in [2.75, 3.05) is 18.8 Å². The second-order valence-electron chi connectivity index (χ2n) is 8.51. The van der Waals surface area contributed by atoms with E-state index in [9.17, 15) is 24.3 Å². The Balaban J connectivity index is 5.45. The van der Waals surface area contributed by atoms with Gasteiger partial charge in [-0.2, -0.15) is 12.6 Å². The predicted molar refractivity (Wildman–Crippen MR) is 145 cm³/mol. The minimum atomic E-state index is -1.26. The molecule has 3 amide bonds. The van der Waals surface area contributed by atoms with Crippen LogP contribution in [0.4, 0.5) is 0 Å². The van der Waals surface area contributed by atoms with Crippen molar-refractivity contribution in [1.29, 1.82) is 0 Å². The highest BCUT2D eigenvalue weighted by molar-refractivity contribution is 7.80. The summed E-state index contributed by atoms with van der Waals surface area (Å²) in [5.74, 6) is -3.63. The summed E-state index contributed by atoms with van der Waals surface area (Å²) in [6.07, 6.45) is 1.40. The van der Waals surface area contributed by atoms with Crippen molar-refractivity contribution >= 4 is 48.2 Å². The standard InChI is InChI=1S/C21H42N10O5S/c1-3-11(2)15(22)18(34)31-14(10-37)17(33)29-12(6-4-8-27-20(23)24)16(32)30-13(19(35)36)7-5-9-28-21(25)26/h11-15,37H,3-10,22H2,1-2H3,(H,29,33)(H,30,32)(H,31,34)(H,35,36)(H4,23,24,27)(H4,25,26,28). The first-order valence-corrected chi connectivity index (χ1v) is 12.6. The molecule has 212 valence electrons. The Morgan fingerprint density at radius 1 is 0.811 bits per heavy atom. The number of carbonyl (C=O) groups is 4. The Morgan fingerprint density at radius 3 is 1.68 bits per heavy atom. The molecule has 37 heavy (non-hydrogen) atoms. The molecule has 0 bridgehead atoms. The van der Waals surface area contributed by atoms with E-state index in [0.717, 1.165) is 0 Å². The van der Waals surface area contributed by atoms with Crippen LogP contribution in [0.1, 0.15) is 46.0 Å². The second-order valence-corrected chi connectivity index (χ2v) is 8.88. The van der Waals surface area contributed by atoms with E-state index in [0.29, 0.717) is 19.3 Å². The van der Waals surface area contributed by atoms with Crippen LogP contribution in [0.2, 0.25) is 0 Å². The summed E-state index contributed by atoms with van der Waals surface area (Å²) in [5, 5.41) is 17.0. The van der Waals surface area contributed by atoms with Gasteiger partial charge in [-0.15, -0.1) is 0 Å². The summed E-state index contributed by atoms with van der Waals surface area (Å²) in [4.78, 5) is 57.6. The fourth-order valence-corrected chi connectivity index (χ4v) is 3.31. The normalized spacial score (nSPS) is 14.7. The molecule has 0 heterocycles. The monoisotopic (exact) mass is 546 g/mol. The van der Waals surface area contributed by atoms with Gasteiger partial charge < -0.3 is 49.7 Å². The number of carboxylic acid groups (broad SMARTS) is 1. The molecule has 0 fully saturated rings. The highest BCUT2D eigenvalue weighted by Gasteiger charge is 2.30. The van der Waals surface area contributed by atoms with Crippen LogP contribution < -0.4 is 44.6 Å². The summed E-state index contributed by atoms with van der Waals surface area (Å²) < 4.78 is 0. The number of nitrogens with two attached hydrogens (primary N) is 5. The number of hydrogen-bond acceptors (Lipinski definition) is 8. The lowest BCUT2D eigenvalue weighted by Gasteiger charge is -2.25. The number of aliphatic imine (C=N–C) groups is 2. The summed E-state index contributed by atoms with van der Waals surface area (Å²) in [5.41, 5.74) is 27.1. The molecule has 0 saturated heterocycles. The van der Waals surface area contributed by atoms with Crippen molar-refractivity contribution < 1.29 is 24.3 Å². The molecule has 0 spiro atoms. The topological polar surface area (TPSA) is 279 Å². The number of hydrogen-bond donors (Lipinski definition) is 10. The smallest absolute Gasteiger partial charge is 0.326 e. The van der Waals surface area contributed by atoms with Crippen molar-refractivity contribution in [3.63, 3.8) is 0 Å². The maximum absolute atomic E-state index is 13.0. The van der Waals surface area contributed by atoms with E-state index >= 15 is 0 Å². The molecule has 5 unspecified atom stereocenters. The van der Waals surface area contributed by atoms with Gasteiger partial charge in [0.1, 0.15) is 18.1 Å². The lowest BCUT2D eigenvalue weighted by Crippen LogP contribution is -2.58. The minimum absolute atomic E-state index is 0.0509. The van der Waals surface area contributed by atoms with Gasteiger partial charge in [-0.3, -0.25) is 24.4 Å². The summed E-state index contributed by atoms with van der Waals surface area (Å²) in [7, 11) is 0. The van der Waals surface area contributed by atoms with Crippen molar-refractivity contribution in [3.8, 4) is 0 Å². The number of guanidine groups is 2. The Labute approximate surface area is 222 Å². The third-order valence-electron chi connectivity index (χ3n) is 5.51. The number of nitrogens with one attached hydrogen (secondary N) is 3. The van der Waals surface area contributed by atoms with Crippen LogP contribution in [-0.2, 0) is 19.2 Å². The fraction of sp³-hybridized carbons (Fsp3) is 0.714. The van der Waals surface area contributed by atoms with Crippen molar-refractivity contribution in [1.82, 2.24) is 16.0 Å². The number of amides is 3. The molecule has 0 aromatic carbocycles. The molecule has 5 atom stereocenters. The van der Waals surface area contributed by atoms with Crippen LogP contribution >= 0.6 is 12.6 Å². The number of aliphatic carboxylic acids is 1. The van der Waals surface area contributed by atoms with Crippen molar-refractivity contribution in [2.45, 2.75) is 70.1 Å². The van der Waals surface area contributed by atoms with Gasteiger partial charge in [0.2, 0.25) is 17.7 Å². The predicted octanol–water partition coefficient (Wildman–Crippen LogP) is -3.06. The molecule has 15 nitrogen and oxygen atoms in total. The largest absolute Gasteiger partial charge is 0.480 e. The van der Waals surface area contributed by atoms with Crippen molar-refractivity contribution in [2.24, 2.45) is 44.6 Å². The van der Waals surface area contributed by atoms with E-state index in [1.54, 1.807) is 0 Å². The van der Waals surface area contributed by atoms with Crippen LogP contribution in [0.5, 0.6) is 0 Å². The number of rotatable bonds is 18. The van der Waals surface area contributed by atoms with Crippen LogP contribution in [-0.4, -0.2) is 83.7 Å². The molecule has 0 aromatic heterocycles. The molecule has 0 saturated carbocycles. The van der Waals surface area contributed by atoms with Gasteiger partial charge in [-0.25, -0.2) is 4.79 Å². The third-order valence-corrected chi connectivity index (χ3v) is 5.88. The molecule has 0 radical (unpaired) electrons. The van der Waals surface area contributed by atoms with Gasteiger partial charge >= 0.3 is 5.97 Å². The first-order valence-electron chi connectivity index (χ1n) is 11.9. The Morgan fingerprint density at radius 2 is 1.24 bits per heavy atom. The van der Waals surface area contributed by atoms with Gasteiger partial charge in [0, 0.05) is 18.8 Å². The van der Waals surface area contributed by atoms with E-state index < -0.39 is 47.9 Å². The maximum Gasteiger partial charge on any atom is 0.326 e. The van der Waals surface area contributed by atoms with E-state index in [1.807, 2.05) is 13.8 Å². The number of carbonyl (C=O) groups excluding carboxylic acids is 3. The lowest BCUT2D eigenvalue weighted by molar-refractivity contribution is -0.142. The zero-order chi connectivity index (χ0) is 28.5. The van der Waals surface area contributed by atoms with Gasteiger partial charge in [0.05, 0.1) is 6.04 Å². The quantitative estimate of drug-likeness (QED) is 0.0358. The zero-order valence-electron chi connectivity index (χ0n) is 21.4. The van der Waals surface area contributed by atoms with Gasteiger partial charge in [0.15, 0.2) is 11.9 Å². The summed E-state index contributed by atoms with van der Waals surface area (Å²) in [6, 6.07) is -4.28. The maximum atomic E-state index is 13.0. The molecule has 0 aliphatic rings. The number of nitrogens with zero attached hydrogens (tertiary/aromatic N) is 2. The lowest BCUT2D eigenvalue weighted by atomic mass is 9.99. The Bertz CT molecular complexity index is 818. The molecular formula is C21H42N10O5S. The molecular weight excluding hydrogens is 504 g/mol. The molecule has 16 heteroatoms. The first-order chi connectivity index (χ1) is 17.3. The molecule has 0 aromatic rings. The third kappa shape index (κ3) is 14.2. The average Bonchev–Trinajstić information content (AvgIpc) is 2.84. The first kappa shape index (κ1) is 33.7. The summed E-state index contributed by atoms with van der Waals surface area (Å²) >= 11 is 4.13. The average molecular weight is 547 g/mol. The number of thiol groups is 1. The second kappa shape index (κ2) is 18.0. The Hall–Kier alpha value is -3.27. The van der Waals surface area contributed by atoms with Gasteiger partial charge in [-0.1, -0.05) is 20.3 Å². The molecule has 0 aliphatic heterocycles. The van der Waals surface area contributed by atoms with Gasteiger partial charge in [-0.05, 0) is 31.6 Å². The van der Waals surface area contributed by atoms with E-state index in [-0.39, 0.29) is 49.5 Å². The SMILES string of the molecule is CCC(C)C(N)C(=O)NC(CS)C(=O)NC(CCCN=C(N)N)C(=O)NC(CCCN=C(N)N)C(=O)O. The highest BCUT2D eigenvalue weighted by Crippen LogP contribution is 2.07. The van der Waals surface area contributed by atoms with Crippen LogP contribution in [0.15, 0.2) is 9.98 Å². The van der Waals surface area contributed by atoms with Crippen molar-refractivity contribution in [3.05, 3.63) is 0 Å². The molecule has 0 rings (SSSR count). The molecule has 0 aliphatic carbocycles. The van der Waals surface area contributed by atoms with Gasteiger partial charge in [0.25, 0.3) is 0 Å². The van der Waals surface area contributed by atoms with E-state index in [4.69, 9.17) is 28.7 Å². The summed E-state index contributed by atoms with van der Waals surface area (Å²) in [6.45, 7) is 4.06.